The van der Waals surface area contributed by atoms with Crippen LogP contribution in [-0.2, 0) is 4.79 Å². The van der Waals surface area contributed by atoms with E-state index in [2.05, 4.69) is 10.6 Å². The van der Waals surface area contributed by atoms with Crippen molar-refractivity contribution in [3.05, 3.63) is 52.0 Å². The van der Waals surface area contributed by atoms with Crippen molar-refractivity contribution in [1.29, 1.82) is 0 Å². The molecule has 1 aliphatic rings. The third-order valence-corrected chi connectivity index (χ3v) is 3.89. The minimum Gasteiger partial charge on any atom is -0.482 e. The van der Waals surface area contributed by atoms with Crippen molar-refractivity contribution in [3.63, 3.8) is 0 Å². The van der Waals surface area contributed by atoms with Gasteiger partial charge in [0.1, 0.15) is 5.75 Å². The summed E-state index contributed by atoms with van der Waals surface area (Å²) in [5.41, 5.74) is 1.24. The number of anilines is 2. The van der Waals surface area contributed by atoms with Crippen LogP contribution in [0.3, 0.4) is 0 Å². The van der Waals surface area contributed by atoms with Crippen molar-refractivity contribution in [1.82, 2.24) is 0 Å². The highest BCUT2D eigenvalue weighted by Crippen LogP contribution is 2.31. The van der Waals surface area contributed by atoms with E-state index in [0.717, 1.165) is 0 Å². The Balaban J connectivity index is 1.85. The first-order chi connectivity index (χ1) is 10.5. The fourth-order valence-electron chi connectivity index (χ4n) is 2.02. The van der Waals surface area contributed by atoms with Crippen molar-refractivity contribution < 1.29 is 14.3 Å². The van der Waals surface area contributed by atoms with E-state index in [1.165, 1.54) is 0 Å². The molecule has 112 valence electrons. The first-order valence-electron chi connectivity index (χ1n) is 6.36. The second kappa shape index (κ2) is 5.87. The summed E-state index contributed by atoms with van der Waals surface area (Å²) >= 11 is 11.9. The summed E-state index contributed by atoms with van der Waals surface area (Å²) in [6.45, 7) is -0.0311. The maximum atomic E-state index is 12.3. The number of nitrogens with one attached hydrogen (secondary N) is 2. The number of carbonyl (C=O) groups excluding carboxylic acids is 2. The van der Waals surface area contributed by atoms with Gasteiger partial charge in [0.15, 0.2) is 6.61 Å². The third kappa shape index (κ3) is 2.86. The number of amides is 2. The quantitative estimate of drug-likeness (QED) is 0.880. The normalized spacial score (nSPS) is 12.9. The van der Waals surface area contributed by atoms with Gasteiger partial charge in [-0.2, -0.15) is 0 Å². The predicted octanol–water partition coefficient (Wildman–Crippen LogP) is 3.58. The monoisotopic (exact) mass is 336 g/mol. The summed E-state index contributed by atoms with van der Waals surface area (Å²) in [5, 5.41) is 5.95. The van der Waals surface area contributed by atoms with Gasteiger partial charge in [-0.25, -0.2) is 0 Å². The van der Waals surface area contributed by atoms with Gasteiger partial charge in [-0.05, 0) is 30.3 Å². The minimum absolute atomic E-state index is 0.0311. The zero-order valence-electron chi connectivity index (χ0n) is 11.2. The minimum atomic E-state index is -0.369. The lowest BCUT2D eigenvalue weighted by molar-refractivity contribution is -0.118. The van der Waals surface area contributed by atoms with Gasteiger partial charge in [0.25, 0.3) is 11.8 Å². The molecule has 2 N–H and O–H groups in total. The van der Waals surface area contributed by atoms with Crippen LogP contribution in [0.25, 0.3) is 0 Å². The molecule has 1 aliphatic heterocycles. The molecule has 0 aliphatic carbocycles. The van der Waals surface area contributed by atoms with E-state index in [1.807, 2.05) is 0 Å². The Bertz CT molecular complexity index is 777. The third-order valence-electron chi connectivity index (χ3n) is 3.07. The number of ether oxygens (including phenoxy) is 1. The Morgan fingerprint density at radius 3 is 2.86 bits per heavy atom. The van der Waals surface area contributed by atoms with Crippen LogP contribution < -0.4 is 15.4 Å². The van der Waals surface area contributed by atoms with Crippen LogP contribution in [0.4, 0.5) is 11.4 Å². The lowest BCUT2D eigenvalue weighted by Gasteiger charge is -2.18. The molecule has 7 heteroatoms. The molecule has 0 radical (unpaired) electrons. The zero-order valence-corrected chi connectivity index (χ0v) is 12.7. The number of halogens is 2. The predicted molar refractivity (Wildman–Crippen MR) is 85.0 cm³/mol. The van der Waals surface area contributed by atoms with Crippen LogP contribution in [0.2, 0.25) is 10.0 Å². The number of hydrogen-bond donors (Lipinski definition) is 2. The highest BCUT2D eigenvalue weighted by Gasteiger charge is 2.18. The molecule has 1 heterocycles. The van der Waals surface area contributed by atoms with E-state index >= 15 is 0 Å². The van der Waals surface area contributed by atoms with Crippen molar-refractivity contribution in [2.45, 2.75) is 0 Å². The summed E-state index contributed by atoms with van der Waals surface area (Å²) in [6.07, 6.45) is 0. The highest BCUT2D eigenvalue weighted by atomic mass is 35.5. The molecule has 22 heavy (non-hydrogen) atoms. The summed E-state index contributed by atoms with van der Waals surface area (Å²) in [7, 11) is 0. The largest absolute Gasteiger partial charge is 0.482 e. The first-order valence-corrected chi connectivity index (χ1v) is 7.12. The number of hydrogen-bond acceptors (Lipinski definition) is 3. The van der Waals surface area contributed by atoms with Crippen molar-refractivity contribution >= 4 is 46.4 Å². The lowest BCUT2D eigenvalue weighted by Crippen LogP contribution is -2.25. The van der Waals surface area contributed by atoms with E-state index in [0.29, 0.717) is 27.7 Å². The maximum absolute atomic E-state index is 12.3. The number of fused-ring (bicyclic) bond motifs is 1. The molecule has 0 saturated heterocycles. The van der Waals surface area contributed by atoms with Gasteiger partial charge < -0.3 is 15.4 Å². The Hall–Kier alpha value is -2.24. The molecule has 5 nitrogen and oxygen atoms in total. The van der Waals surface area contributed by atoms with E-state index in [-0.39, 0.29) is 23.4 Å². The molecule has 2 aromatic carbocycles. The molecule has 2 amide bonds. The van der Waals surface area contributed by atoms with E-state index in [1.54, 1.807) is 36.4 Å². The van der Waals surface area contributed by atoms with Crippen LogP contribution in [0.1, 0.15) is 10.4 Å². The van der Waals surface area contributed by atoms with Crippen LogP contribution in [0, 0.1) is 0 Å². The molecule has 0 fully saturated rings. The molecular weight excluding hydrogens is 327 g/mol. The van der Waals surface area contributed by atoms with Crippen LogP contribution >= 0.6 is 23.2 Å². The van der Waals surface area contributed by atoms with E-state index in [4.69, 9.17) is 27.9 Å². The van der Waals surface area contributed by atoms with Gasteiger partial charge in [0.2, 0.25) is 0 Å². The summed E-state index contributed by atoms with van der Waals surface area (Å²) in [5.74, 6) is -0.105. The molecule has 0 spiro atoms. The first kappa shape index (κ1) is 14.7. The topological polar surface area (TPSA) is 67.4 Å². The van der Waals surface area contributed by atoms with E-state index in [9.17, 15) is 9.59 Å². The van der Waals surface area contributed by atoms with Crippen LogP contribution in [0.5, 0.6) is 5.75 Å². The fourth-order valence-corrected chi connectivity index (χ4v) is 2.37. The number of rotatable bonds is 2. The summed E-state index contributed by atoms with van der Waals surface area (Å²) < 4.78 is 5.24. The molecule has 0 atom stereocenters. The van der Waals surface area contributed by atoms with Gasteiger partial charge in [-0.3, -0.25) is 9.59 Å². The van der Waals surface area contributed by atoms with Gasteiger partial charge in [-0.15, -0.1) is 0 Å². The summed E-state index contributed by atoms with van der Waals surface area (Å²) in [4.78, 5) is 23.6. The Morgan fingerprint density at radius 1 is 1.23 bits per heavy atom. The average molecular weight is 337 g/mol. The Morgan fingerprint density at radius 2 is 2.05 bits per heavy atom. The molecule has 3 rings (SSSR count). The zero-order chi connectivity index (χ0) is 15.7. The van der Waals surface area contributed by atoms with Crippen LogP contribution in [-0.4, -0.2) is 18.4 Å². The van der Waals surface area contributed by atoms with Gasteiger partial charge >= 0.3 is 0 Å². The second-order valence-electron chi connectivity index (χ2n) is 4.60. The van der Waals surface area contributed by atoms with Gasteiger partial charge in [-0.1, -0.05) is 29.3 Å². The molecular formula is C15H10Cl2N2O3. The lowest BCUT2D eigenvalue weighted by atomic mass is 10.1. The summed E-state index contributed by atoms with van der Waals surface area (Å²) in [6, 6.07) is 9.74. The Kier molecular flexibility index (Phi) is 3.92. The molecule has 2 aromatic rings. The number of benzene rings is 2. The molecule has 0 aromatic heterocycles. The highest BCUT2D eigenvalue weighted by molar-refractivity contribution is 6.44. The van der Waals surface area contributed by atoms with Gasteiger partial charge in [0.05, 0.1) is 21.4 Å². The van der Waals surface area contributed by atoms with Gasteiger partial charge in [0, 0.05) is 5.56 Å². The van der Waals surface area contributed by atoms with E-state index < -0.39 is 0 Å². The molecule has 0 unspecified atom stereocenters. The smallest absolute Gasteiger partial charge is 0.262 e. The van der Waals surface area contributed by atoms with Crippen molar-refractivity contribution in [3.8, 4) is 5.75 Å². The molecule has 0 saturated carbocycles. The standard InChI is InChI=1S/C15H10Cl2N2O3/c16-9-2-1-3-10(14(9)17)19-15(21)8-4-5-12-11(6-8)18-13(20)7-22-12/h1-6H,7H2,(H,18,20)(H,19,21). The second-order valence-corrected chi connectivity index (χ2v) is 5.39. The van der Waals surface area contributed by atoms with Crippen molar-refractivity contribution in [2.75, 3.05) is 17.2 Å². The van der Waals surface area contributed by atoms with Crippen molar-refractivity contribution in [2.24, 2.45) is 0 Å². The SMILES string of the molecule is O=C1COc2ccc(C(=O)Nc3cccc(Cl)c3Cl)cc2N1. The molecule has 0 bridgehead atoms. The average Bonchev–Trinajstić information content (AvgIpc) is 2.51. The number of carbonyl (C=O) groups is 2. The fraction of sp³-hybridized carbons (Fsp3) is 0.0667. The maximum Gasteiger partial charge on any atom is 0.262 e. The van der Waals surface area contributed by atoms with Crippen LogP contribution in [0.15, 0.2) is 36.4 Å². The Labute approximate surface area is 136 Å².